The molecule has 6 atom stereocenters. The monoisotopic (exact) mass is 731 g/mol. The van der Waals surface area contributed by atoms with Gasteiger partial charge in [-0.05, 0) is 75.1 Å². The summed E-state index contributed by atoms with van der Waals surface area (Å²) in [5.74, 6) is -1.37. The van der Waals surface area contributed by atoms with Crippen LogP contribution in [0.25, 0.3) is 0 Å². The summed E-state index contributed by atoms with van der Waals surface area (Å²) in [6.07, 6.45) is 7.29. The second-order valence-corrected chi connectivity index (χ2v) is 13.1. The summed E-state index contributed by atoms with van der Waals surface area (Å²) in [5, 5.41) is 36.2. The minimum atomic E-state index is -1.47. The van der Waals surface area contributed by atoms with Gasteiger partial charge in [-0.15, -0.1) is 6.58 Å². The van der Waals surface area contributed by atoms with Gasteiger partial charge in [0.15, 0.2) is 0 Å². The number of oxime groups is 1. The van der Waals surface area contributed by atoms with Gasteiger partial charge in [-0.1, -0.05) is 30.1 Å². The van der Waals surface area contributed by atoms with E-state index in [9.17, 15) is 24.9 Å². The van der Waals surface area contributed by atoms with Gasteiger partial charge in [0.2, 0.25) is 5.79 Å². The molecule has 4 N–H and O–H groups in total. The van der Waals surface area contributed by atoms with E-state index in [1.165, 1.54) is 7.11 Å². The molecule has 14 heteroatoms. The molecular formula is C38H57N3O11. The third-order valence-corrected chi connectivity index (χ3v) is 9.98. The largest absolute Gasteiger partial charge is 0.459 e. The first-order valence-electron chi connectivity index (χ1n) is 18.5. The lowest BCUT2D eigenvalue weighted by Gasteiger charge is -2.59. The lowest BCUT2D eigenvalue weighted by molar-refractivity contribution is -0.255. The van der Waals surface area contributed by atoms with Crippen LogP contribution in [-0.4, -0.2) is 116 Å². The van der Waals surface area contributed by atoms with Crippen LogP contribution in [0, 0.1) is 17.8 Å². The molecule has 4 rings (SSSR count). The van der Waals surface area contributed by atoms with Crippen molar-refractivity contribution in [3.63, 3.8) is 0 Å². The molecule has 0 spiro atoms. The first-order valence-corrected chi connectivity index (χ1v) is 18.5. The highest BCUT2D eigenvalue weighted by molar-refractivity contribution is 6.03. The molecule has 0 radical (unpaired) electrons. The lowest BCUT2D eigenvalue weighted by Crippen LogP contribution is -2.70. The predicted molar refractivity (Wildman–Crippen MR) is 193 cm³/mol. The molecule has 2 amide bonds. The molecule has 0 bridgehead atoms. The van der Waals surface area contributed by atoms with Gasteiger partial charge in [-0.2, -0.15) is 0 Å². The van der Waals surface area contributed by atoms with Crippen molar-refractivity contribution in [2.45, 2.75) is 76.5 Å². The number of allylic oxidation sites excluding steroid dienone is 1. The van der Waals surface area contributed by atoms with Crippen LogP contribution >= 0.6 is 0 Å². The fourth-order valence-electron chi connectivity index (χ4n) is 7.96. The number of hydrogen-bond donors (Lipinski definition) is 4. The summed E-state index contributed by atoms with van der Waals surface area (Å²) >= 11 is 0. The maximum atomic E-state index is 13.7. The second-order valence-electron chi connectivity index (χ2n) is 13.1. The number of aliphatic hydroxyl groups is 3. The summed E-state index contributed by atoms with van der Waals surface area (Å²) in [6.45, 7) is 8.73. The number of carbonyl (C=O) groups is 2. The molecule has 0 saturated heterocycles. The predicted octanol–water partition coefficient (Wildman–Crippen LogP) is 4.53. The van der Waals surface area contributed by atoms with Gasteiger partial charge in [0.05, 0.1) is 45.2 Å². The number of carbonyl (C=O) groups excluding carboxylic acids is 2. The zero-order chi connectivity index (χ0) is 37.5. The summed E-state index contributed by atoms with van der Waals surface area (Å²) in [4.78, 5) is 33.5. The fraction of sp³-hybridized carbons (Fsp3) is 0.658. The molecule has 52 heavy (non-hydrogen) atoms. The number of fused-ring (bicyclic) bond motifs is 2. The minimum Gasteiger partial charge on any atom is -0.459 e. The van der Waals surface area contributed by atoms with E-state index in [4.69, 9.17) is 28.5 Å². The summed E-state index contributed by atoms with van der Waals surface area (Å²) in [7, 11) is 1.31. The van der Waals surface area contributed by atoms with Gasteiger partial charge < -0.3 is 49.2 Å². The molecule has 1 fully saturated rings. The van der Waals surface area contributed by atoms with Crippen LogP contribution in [0.1, 0.15) is 70.3 Å². The molecule has 0 aromatic heterocycles. The van der Waals surface area contributed by atoms with Crippen LogP contribution in [-0.2, 0) is 19.0 Å². The van der Waals surface area contributed by atoms with Crippen molar-refractivity contribution >= 4 is 17.9 Å². The van der Waals surface area contributed by atoms with Gasteiger partial charge in [-0.25, -0.2) is 9.59 Å². The van der Waals surface area contributed by atoms with Gasteiger partial charge in [0.1, 0.15) is 24.1 Å². The van der Waals surface area contributed by atoms with E-state index in [1.807, 2.05) is 19.9 Å². The summed E-state index contributed by atoms with van der Waals surface area (Å²) in [6, 6.07) is 4.51. The molecule has 0 unspecified atom stereocenters. The minimum absolute atomic E-state index is 0.000347. The topological polar surface area (TPSA) is 178 Å². The zero-order valence-corrected chi connectivity index (χ0v) is 30.8. The number of unbranched alkanes of at least 4 members (excludes halogenated alkanes) is 2. The van der Waals surface area contributed by atoms with Crippen molar-refractivity contribution in [3.05, 3.63) is 48.1 Å². The Morgan fingerprint density at radius 1 is 1.10 bits per heavy atom. The third-order valence-electron chi connectivity index (χ3n) is 9.98. The maximum absolute atomic E-state index is 13.7. The highest BCUT2D eigenvalue weighted by atomic mass is 16.7. The Labute approximate surface area is 306 Å². The fourth-order valence-corrected chi connectivity index (χ4v) is 7.96. The van der Waals surface area contributed by atoms with Crippen molar-refractivity contribution in [3.8, 4) is 11.5 Å². The number of methoxy groups -OCH3 is 1. The molecular weight excluding hydrogens is 674 g/mol. The number of amides is 2. The van der Waals surface area contributed by atoms with Crippen LogP contribution in [0.15, 0.2) is 47.7 Å². The van der Waals surface area contributed by atoms with Gasteiger partial charge in [0, 0.05) is 44.2 Å². The number of benzene rings is 1. The van der Waals surface area contributed by atoms with Crippen molar-refractivity contribution in [2.24, 2.45) is 22.9 Å². The number of nitrogens with one attached hydrogen (secondary N) is 1. The average molecular weight is 732 g/mol. The normalized spacial score (nSPS) is 25.2. The van der Waals surface area contributed by atoms with Gasteiger partial charge >= 0.3 is 12.2 Å². The van der Waals surface area contributed by atoms with E-state index in [-0.39, 0.29) is 70.4 Å². The van der Waals surface area contributed by atoms with Crippen molar-refractivity contribution in [2.75, 3.05) is 66.4 Å². The summed E-state index contributed by atoms with van der Waals surface area (Å²) < 4.78 is 30.6. The third kappa shape index (κ3) is 9.45. The Hall–Kier alpha value is -3.69. The molecule has 2 aliphatic carbocycles. The van der Waals surface area contributed by atoms with Gasteiger partial charge in [-0.3, -0.25) is 4.90 Å². The molecule has 1 aliphatic heterocycles. The Balaban J connectivity index is 2.01. The number of rotatable bonds is 21. The number of hydrogen-bond acceptors (Lipinski definition) is 12. The van der Waals surface area contributed by atoms with E-state index < -0.39 is 29.9 Å². The maximum Gasteiger partial charge on any atom is 0.412 e. The highest BCUT2D eigenvalue weighted by Crippen LogP contribution is 2.61. The first-order chi connectivity index (χ1) is 25.3. The molecule has 14 nitrogen and oxygen atoms in total. The van der Waals surface area contributed by atoms with Crippen LogP contribution in [0.3, 0.4) is 0 Å². The Morgan fingerprint density at radius 3 is 2.54 bits per heavy atom. The quantitative estimate of drug-likeness (QED) is 0.0794. The SMILES string of the molecule is C=CCO[C@@]12Oc3ccc(OC(=O)NCC)cc3[C@H]3[C@H](CCCCO)[C@@H](CCCCO)C=C(C(=NOCC)C[C@@H]1N(CCOCCO)C(=O)OC)[C@H]32. The Kier molecular flexibility index (Phi) is 16.2. The van der Waals surface area contributed by atoms with Crippen LogP contribution in [0.2, 0.25) is 0 Å². The molecule has 290 valence electrons. The Bertz CT molecular complexity index is 1390. The van der Waals surface area contributed by atoms with Crippen LogP contribution < -0.4 is 14.8 Å². The zero-order valence-electron chi connectivity index (χ0n) is 30.8. The second kappa shape index (κ2) is 20.5. The van der Waals surface area contributed by atoms with E-state index >= 15 is 0 Å². The molecule has 1 heterocycles. The Morgan fingerprint density at radius 2 is 1.87 bits per heavy atom. The van der Waals surface area contributed by atoms with Crippen molar-refractivity contribution < 1.29 is 53.4 Å². The molecule has 1 aromatic rings. The van der Waals surface area contributed by atoms with E-state index in [2.05, 4.69) is 23.1 Å². The van der Waals surface area contributed by atoms with Crippen molar-refractivity contribution in [1.82, 2.24) is 10.2 Å². The molecule has 1 saturated carbocycles. The number of aliphatic hydroxyl groups excluding tert-OH is 3. The smallest absolute Gasteiger partial charge is 0.412 e. The van der Waals surface area contributed by atoms with Gasteiger partial charge in [0.25, 0.3) is 0 Å². The van der Waals surface area contributed by atoms with E-state index in [0.717, 1.165) is 36.8 Å². The highest BCUT2D eigenvalue weighted by Gasteiger charge is 2.65. The van der Waals surface area contributed by atoms with E-state index in [0.29, 0.717) is 43.2 Å². The van der Waals surface area contributed by atoms with Crippen LogP contribution in [0.4, 0.5) is 9.59 Å². The van der Waals surface area contributed by atoms with Crippen molar-refractivity contribution in [1.29, 1.82) is 0 Å². The first kappa shape index (κ1) is 41.1. The molecule has 3 aliphatic rings. The number of nitrogens with zero attached hydrogens (tertiary/aromatic N) is 2. The summed E-state index contributed by atoms with van der Waals surface area (Å²) in [5.41, 5.74) is 2.35. The van der Waals surface area contributed by atoms with E-state index in [1.54, 1.807) is 23.1 Å². The van der Waals surface area contributed by atoms with Crippen LogP contribution in [0.5, 0.6) is 11.5 Å². The number of ether oxygens (including phenoxy) is 5. The average Bonchev–Trinajstić information content (AvgIpc) is 3.14. The lowest BCUT2D eigenvalue weighted by atomic mass is 9.55. The molecule has 1 aromatic carbocycles. The standard InChI is InChI=1S/C38H57N3O11/c1-5-20-49-38-33(41(37(46)47-4)16-21-48-22-19-44)25-31(40-50-7-3)29-23-26(12-8-10-17-42)28(13-9-11-18-43)34(35(29)38)30-24-27(14-15-32(30)52-38)51-36(45)39-6-2/h5,14-15,23-24,26,28,33-35,42-44H,1,6-13,16-22,25H2,2-4H3,(H,39,45)/t26-,28+,33-,34+,35+,38+/m0/s1.